The van der Waals surface area contributed by atoms with Gasteiger partial charge in [0.1, 0.15) is 0 Å². The second-order valence-corrected chi connectivity index (χ2v) is 5.72. The van der Waals surface area contributed by atoms with E-state index in [2.05, 4.69) is 60.7 Å². The van der Waals surface area contributed by atoms with Crippen LogP contribution in [0.25, 0.3) is 21.9 Å². The van der Waals surface area contributed by atoms with Crippen LogP contribution in [0.5, 0.6) is 0 Å². The van der Waals surface area contributed by atoms with Crippen molar-refractivity contribution in [2.75, 3.05) is 0 Å². The van der Waals surface area contributed by atoms with E-state index in [1.807, 2.05) is 0 Å². The number of hydrogen-bond acceptors (Lipinski definition) is 0. The maximum atomic E-state index is 2.44. The third-order valence-electron chi connectivity index (χ3n) is 4.43. The van der Waals surface area contributed by atoms with Crippen LogP contribution in [0.3, 0.4) is 0 Å². The predicted octanol–water partition coefficient (Wildman–Crippen LogP) is 5.39. The topological polar surface area (TPSA) is 0 Å². The molecule has 0 bridgehead atoms. The van der Waals surface area contributed by atoms with Crippen molar-refractivity contribution >= 4 is 10.8 Å². The van der Waals surface area contributed by atoms with Crippen LogP contribution >= 0.6 is 0 Å². The minimum atomic E-state index is 1.24. The van der Waals surface area contributed by atoms with Crippen LogP contribution in [0.1, 0.15) is 24.0 Å². The summed E-state index contributed by atoms with van der Waals surface area (Å²) in [4.78, 5) is 0. The molecule has 0 fully saturated rings. The Kier molecular flexibility index (Phi) is 2.81. The quantitative estimate of drug-likeness (QED) is 0.549. The van der Waals surface area contributed by atoms with Crippen LogP contribution in [0.2, 0.25) is 0 Å². The van der Waals surface area contributed by atoms with Gasteiger partial charge in [-0.3, -0.25) is 0 Å². The van der Waals surface area contributed by atoms with Gasteiger partial charge in [0.15, 0.2) is 0 Å². The Hall–Kier alpha value is -2.08. The molecule has 3 aromatic carbocycles. The molecule has 4 rings (SSSR count). The average Bonchev–Trinajstić information content (AvgIpc) is 2.53. The fourth-order valence-electron chi connectivity index (χ4n) is 3.38. The lowest BCUT2D eigenvalue weighted by Gasteiger charge is -2.18. The molecule has 1 aliphatic rings. The normalized spacial score (nSPS) is 14.2. The summed E-state index contributed by atoms with van der Waals surface area (Å²) in [6.07, 6.45) is 5.18. The maximum absolute atomic E-state index is 2.44. The molecule has 1 aliphatic carbocycles. The lowest BCUT2D eigenvalue weighted by molar-refractivity contribution is 0.687. The summed E-state index contributed by atoms with van der Waals surface area (Å²) in [7, 11) is 0. The van der Waals surface area contributed by atoms with E-state index in [0.717, 1.165) is 0 Å². The van der Waals surface area contributed by atoms with Crippen molar-refractivity contribution in [2.24, 2.45) is 0 Å². The van der Waals surface area contributed by atoms with E-state index in [1.54, 1.807) is 11.1 Å². The first-order chi connectivity index (χ1) is 9.92. The summed E-state index contributed by atoms with van der Waals surface area (Å²) in [6.45, 7) is 0. The molecule has 0 radical (unpaired) electrons. The molecule has 0 aromatic heterocycles. The molecule has 20 heavy (non-hydrogen) atoms. The monoisotopic (exact) mass is 258 g/mol. The van der Waals surface area contributed by atoms with Gasteiger partial charge in [-0.2, -0.15) is 0 Å². The fraction of sp³-hybridized carbons (Fsp3) is 0.200. The average molecular weight is 258 g/mol. The molecule has 98 valence electrons. The van der Waals surface area contributed by atoms with Gasteiger partial charge in [0.25, 0.3) is 0 Å². The van der Waals surface area contributed by atoms with E-state index in [1.165, 1.54) is 47.6 Å². The predicted molar refractivity (Wildman–Crippen MR) is 86.0 cm³/mol. The Bertz CT molecular complexity index is 754. The Morgan fingerprint density at radius 3 is 2.20 bits per heavy atom. The molecular weight excluding hydrogens is 240 g/mol. The van der Waals surface area contributed by atoms with E-state index >= 15 is 0 Å². The van der Waals surface area contributed by atoms with Crippen molar-refractivity contribution in [2.45, 2.75) is 25.7 Å². The molecule has 0 saturated heterocycles. The van der Waals surface area contributed by atoms with Crippen LogP contribution < -0.4 is 0 Å². The van der Waals surface area contributed by atoms with E-state index in [-0.39, 0.29) is 0 Å². The summed E-state index contributed by atoms with van der Waals surface area (Å²) >= 11 is 0. The molecule has 0 heterocycles. The summed E-state index contributed by atoms with van der Waals surface area (Å²) in [5, 5.41) is 2.78. The number of fused-ring (bicyclic) bond motifs is 2. The molecule has 0 saturated carbocycles. The molecule has 0 spiro atoms. The van der Waals surface area contributed by atoms with E-state index in [0.29, 0.717) is 0 Å². The Morgan fingerprint density at radius 2 is 1.40 bits per heavy atom. The maximum Gasteiger partial charge on any atom is -0.0102 e. The third kappa shape index (κ3) is 1.92. The van der Waals surface area contributed by atoms with Gasteiger partial charge in [-0.1, -0.05) is 60.7 Å². The molecule has 0 unspecified atom stereocenters. The van der Waals surface area contributed by atoms with Crippen LogP contribution in [0.15, 0.2) is 60.7 Å². The molecule has 0 N–H and O–H groups in total. The number of aryl methyl sites for hydroxylation is 2. The molecule has 0 aliphatic heterocycles. The van der Waals surface area contributed by atoms with Gasteiger partial charge in [0.2, 0.25) is 0 Å². The van der Waals surface area contributed by atoms with Gasteiger partial charge in [-0.15, -0.1) is 0 Å². The fourth-order valence-corrected chi connectivity index (χ4v) is 3.38. The minimum absolute atomic E-state index is 1.24. The molecule has 3 aromatic rings. The van der Waals surface area contributed by atoms with Crippen molar-refractivity contribution in [3.8, 4) is 11.1 Å². The highest BCUT2D eigenvalue weighted by atomic mass is 14.2. The van der Waals surface area contributed by atoms with Gasteiger partial charge < -0.3 is 0 Å². The van der Waals surface area contributed by atoms with Crippen LogP contribution in [-0.4, -0.2) is 0 Å². The smallest absolute Gasteiger partial charge is 0.0102 e. The largest absolute Gasteiger partial charge is 0.0622 e. The van der Waals surface area contributed by atoms with E-state index < -0.39 is 0 Å². The zero-order valence-corrected chi connectivity index (χ0v) is 11.6. The highest BCUT2D eigenvalue weighted by molar-refractivity contribution is 5.97. The summed E-state index contributed by atoms with van der Waals surface area (Å²) in [5.41, 5.74) is 5.80. The molecule has 0 heteroatoms. The van der Waals surface area contributed by atoms with Crippen molar-refractivity contribution in [3.05, 3.63) is 71.8 Å². The lowest BCUT2D eigenvalue weighted by atomic mass is 9.87. The van der Waals surface area contributed by atoms with Gasteiger partial charge in [-0.05, 0) is 58.7 Å². The van der Waals surface area contributed by atoms with Crippen molar-refractivity contribution in [1.82, 2.24) is 0 Å². The lowest BCUT2D eigenvalue weighted by Crippen LogP contribution is -2.02. The SMILES string of the molecule is c1ccc(-c2cccc3cc4c(cc23)CCCC4)cc1. The standard InChI is InChI=1S/C20H18/c1-2-7-15(8-3-1)19-12-6-11-18-13-16-9-4-5-10-17(16)14-20(18)19/h1-3,6-8,11-14H,4-5,9-10H2. The highest BCUT2D eigenvalue weighted by Gasteiger charge is 2.12. The van der Waals surface area contributed by atoms with Crippen LogP contribution in [0, 0.1) is 0 Å². The summed E-state index contributed by atoms with van der Waals surface area (Å²) in [6, 6.07) is 22.2. The first-order valence-corrected chi connectivity index (χ1v) is 7.52. The van der Waals surface area contributed by atoms with Gasteiger partial charge in [0, 0.05) is 0 Å². The second-order valence-electron chi connectivity index (χ2n) is 5.72. The number of rotatable bonds is 1. The van der Waals surface area contributed by atoms with Crippen molar-refractivity contribution in [3.63, 3.8) is 0 Å². The Morgan fingerprint density at radius 1 is 0.650 bits per heavy atom. The summed E-state index contributed by atoms with van der Waals surface area (Å²) in [5.74, 6) is 0. The Labute approximate surface area is 120 Å². The minimum Gasteiger partial charge on any atom is -0.0622 e. The first-order valence-electron chi connectivity index (χ1n) is 7.52. The number of benzene rings is 3. The third-order valence-corrected chi connectivity index (χ3v) is 4.43. The van der Waals surface area contributed by atoms with Crippen molar-refractivity contribution in [1.29, 1.82) is 0 Å². The number of hydrogen-bond donors (Lipinski definition) is 0. The van der Waals surface area contributed by atoms with E-state index in [4.69, 9.17) is 0 Å². The van der Waals surface area contributed by atoms with E-state index in [9.17, 15) is 0 Å². The van der Waals surface area contributed by atoms with Crippen molar-refractivity contribution < 1.29 is 0 Å². The van der Waals surface area contributed by atoms with Gasteiger partial charge in [-0.25, -0.2) is 0 Å². The zero-order chi connectivity index (χ0) is 13.4. The zero-order valence-electron chi connectivity index (χ0n) is 11.6. The van der Waals surface area contributed by atoms with Gasteiger partial charge >= 0.3 is 0 Å². The Balaban J connectivity index is 1.98. The summed E-state index contributed by atoms with van der Waals surface area (Å²) < 4.78 is 0. The van der Waals surface area contributed by atoms with Crippen LogP contribution in [-0.2, 0) is 12.8 Å². The second kappa shape index (κ2) is 4.79. The van der Waals surface area contributed by atoms with Gasteiger partial charge in [0.05, 0.1) is 0 Å². The molecule has 0 amide bonds. The molecule has 0 nitrogen and oxygen atoms in total. The molecular formula is C20H18. The van der Waals surface area contributed by atoms with Crippen LogP contribution in [0.4, 0.5) is 0 Å². The first kappa shape index (κ1) is 11.7. The highest BCUT2D eigenvalue weighted by Crippen LogP contribution is 2.33. The molecule has 0 atom stereocenters.